The highest BCUT2D eigenvalue weighted by Crippen LogP contribution is 2.43. The number of nitrogens with zero attached hydrogens (tertiary/aromatic N) is 3. The highest BCUT2D eigenvalue weighted by Gasteiger charge is 2.23. The normalized spacial score (nSPS) is 11.9. The molecule has 0 aliphatic rings. The van der Waals surface area contributed by atoms with Crippen molar-refractivity contribution < 1.29 is 12.3 Å². The Hall–Kier alpha value is -1.22. The van der Waals surface area contributed by atoms with E-state index in [0.717, 1.165) is 24.8 Å². The first-order chi connectivity index (χ1) is 12.2. The van der Waals surface area contributed by atoms with Crippen molar-refractivity contribution in [2.45, 2.75) is 18.7 Å². The molecule has 0 bridgehead atoms. The van der Waals surface area contributed by atoms with Crippen molar-refractivity contribution in [3.05, 3.63) is 44.8 Å². The molecule has 0 aliphatic carbocycles. The summed E-state index contributed by atoms with van der Waals surface area (Å²) in [6, 6.07) is 8.33. The highest BCUT2D eigenvalue weighted by atomic mass is 79.9. The lowest BCUT2D eigenvalue weighted by atomic mass is 10.2. The number of hydrogen-bond donors (Lipinski definition) is 0. The number of hydrogen-bond acceptors (Lipinski definition) is 5. The first-order valence-electron chi connectivity index (χ1n) is 7.57. The summed E-state index contributed by atoms with van der Waals surface area (Å²) in [6.07, 6.45) is 0. The fourth-order valence-electron chi connectivity index (χ4n) is 2.26. The minimum absolute atomic E-state index is 0.0476. The second-order valence-corrected chi connectivity index (χ2v) is 8.05. The first kappa shape index (κ1) is 21.1. The van der Waals surface area contributed by atoms with E-state index in [1.807, 2.05) is 12.1 Å². The van der Waals surface area contributed by atoms with Gasteiger partial charge in [0.15, 0.2) is 0 Å². The van der Waals surface area contributed by atoms with Gasteiger partial charge in [-0.1, -0.05) is 23.2 Å². The van der Waals surface area contributed by atoms with Gasteiger partial charge in [0, 0.05) is 18.8 Å². The van der Waals surface area contributed by atoms with Gasteiger partial charge in [0.25, 0.3) is 0 Å². The van der Waals surface area contributed by atoms with Crippen LogP contribution in [0, 0.1) is 0 Å². The van der Waals surface area contributed by atoms with Gasteiger partial charge < -0.3 is 4.90 Å². The van der Waals surface area contributed by atoms with Crippen LogP contribution in [0.5, 0.6) is 0 Å². The largest absolute Gasteiger partial charge is 0.372 e. The highest BCUT2D eigenvalue weighted by molar-refractivity contribution is 9.10. The average Bonchev–Trinajstić information content (AvgIpc) is 2.59. The zero-order valence-electron chi connectivity index (χ0n) is 13.9. The van der Waals surface area contributed by atoms with E-state index in [1.54, 1.807) is 12.1 Å². The standard InChI is InChI=1S/C16H15BrCl2FN3O2S/c1-3-23(4-2)11-7-5-10(6-8-11)21-22-16-12(18)9-13(26(20,24)25)15(19)14(16)17/h5-9H,3-4H2,1-2H3. The molecule has 140 valence electrons. The monoisotopic (exact) mass is 481 g/mol. The van der Waals surface area contributed by atoms with Crippen LogP contribution in [0.25, 0.3) is 0 Å². The van der Waals surface area contributed by atoms with Gasteiger partial charge in [-0.25, -0.2) is 0 Å². The van der Waals surface area contributed by atoms with Crippen molar-refractivity contribution in [2.24, 2.45) is 10.2 Å². The first-order valence-corrected chi connectivity index (χ1v) is 10.5. The smallest absolute Gasteiger partial charge is 0.333 e. The lowest BCUT2D eigenvalue weighted by Gasteiger charge is -2.20. The summed E-state index contributed by atoms with van der Waals surface area (Å²) in [7, 11) is -5.00. The summed E-state index contributed by atoms with van der Waals surface area (Å²) in [5.74, 6) is 0. The molecular weight excluding hydrogens is 468 g/mol. The van der Waals surface area contributed by atoms with Crippen LogP contribution in [0.15, 0.2) is 49.9 Å². The second kappa shape index (κ2) is 8.65. The van der Waals surface area contributed by atoms with Crippen LogP contribution in [-0.2, 0) is 10.2 Å². The summed E-state index contributed by atoms with van der Waals surface area (Å²) >= 11 is 15.0. The van der Waals surface area contributed by atoms with Gasteiger partial charge in [-0.05, 0) is 60.1 Å². The lowest BCUT2D eigenvalue weighted by Crippen LogP contribution is -2.21. The predicted molar refractivity (Wildman–Crippen MR) is 107 cm³/mol. The molecule has 0 unspecified atom stereocenters. The molecule has 2 aromatic carbocycles. The van der Waals surface area contributed by atoms with Gasteiger partial charge >= 0.3 is 10.2 Å². The number of benzene rings is 2. The molecule has 26 heavy (non-hydrogen) atoms. The molecule has 0 atom stereocenters. The number of azo groups is 1. The van der Waals surface area contributed by atoms with E-state index >= 15 is 0 Å². The number of anilines is 1. The summed E-state index contributed by atoms with van der Waals surface area (Å²) < 4.78 is 35.5. The molecule has 0 saturated carbocycles. The molecule has 0 heterocycles. The Morgan fingerprint density at radius 3 is 2.19 bits per heavy atom. The third-order valence-electron chi connectivity index (χ3n) is 3.61. The molecule has 0 amide bonds. The minimum Gasteiger partial charge on any atom is -0.372 e. The average molecular weight is 483 g/mol. The molecule has 5 nitrogen and oxygen atoms in total. The Bertz CT molecular complexity index is 934. The molecule has 0 N–H and O–H groups in total. The molecular formula is C16H15BrCl2FN3O2S. The maximum absolute atomic E-state index is 13.2. The molecule has 0 fully saturated rings. The van der Waals surface area contributed by atoms with E-state index in [0.29, 0.717) is 5.69 Å². The van der Waals surface area contributed by atoms with Gasteiger partial charge in [-0.2, -0.15) is 13.5 Å². The fourth-order valence-corrected chi connectivity index (χ4v) is 4.31. The third-order valence-corrected chi connectivity index (χ3v) is 6.25. The Morgan fingerprint density at radius 1 is 1.12 bits per heavy atom. The third kappa shape index (κ3) is 4.73. The summed E-state index contributed by atoms with van der Waals surface area (Å²) in [5.41, 5.74) is 1.74. The second-order valence-electron chi connectivity index (χ2n) is 5.16. The number of rotatable bonds is 6. The van der Waals surface area contributed by atoms with E-state index in [4.69, 9.17) is 23.2 Å². The Balaban J connectivity index is 2.35. The molecule has 10 heteroatoms. The predicted octanol–water partition coefficient (Wildman–Crippen LogP) is 6.68. The van der Waals surface area contributed by atoms with Crippen LogP contribution < -0.4 is 4.90 Å². The maximum Gasteiger partial charge on any atom is 0.333 e. The van der Waals surface area contributed by atoms with Crippen LogP contribution in [0.1, 0.15) is 13.8 Å². The van der Waals surface area contributed by atoms with Gasteiger partial charge in [0.05, 0.1) is 20.2 Å². The van der Waals surface area contributed by atoms with Crippen molar-refractivity contribution in [3.8, 4) is 0 Å². The topological polar surface area (TPSA) is 62.1 Å². The number of halogens is 4. The summed E-state index contributed by atoms with van der Waals surface area (Å²) in [6.45, 7) is 5.92. The van der Waals surface area contributed by atoms with Gasteiger partial charge in [0.2, 0.25) is 0 Å². The van der Waals surface area contributed by atoms with Crippen molar-refractivity contribution in [1.82, 2.24) is 0 Å². The van der Waals surface area contributed by atoms with Crippen molar-refractivity contribution in [1.29, 1.82) is 0 Å². The summed E-state index contributed by atoms with van der Waals surface area (Å²) in [5, 5.41) is 7.64. The van der Waals surface area contributed by atoms with Crippen LogP contribution in [0.2, 0.25) is 10.0 Å². The summed E-state index contributed by atoms with van der Waals surface area (Å²) in [4.78, 5) is 1.46. The maximum atomic E-state index is 13.2. The zero-order valence-corrected chi connectivity index (χ0v) is 17.8. The van der Waals surface area contributed by atoms with Crippen molar-refractivity contribution in [2.75, 3.05) is 18.0 Å². The van der Waals surface area contributed by atoms with Crippen LogP contribution in [0.4, 0.5) is 20.9 Å². The quantitative estimate of drug-likeness (QED) is 0.262. The van der Waals surface area contributed by atoms with Crippen LogP contribution >= 0.6 is 39.1 Å². The Kier molecular flexibility index (Phi) is 7.01. The molecule has 2 rings (SSSR count). The van der Waals surface area contributed by atoms with E-state index in [2.05, 4.69) is 44.9 Å². The van der Waals surface area contributed by atoms with Gasteiger partial charge in [-0.3, -0.25) is 0 Å². The van der Waals surface area contributed by atoms with Gasteiger partial charge in [0.1, 0.15) is 10.6 Å². The Morgan fingerprint density at radius 2 is 1.69 bits per heavy atom. The van der Waals surface area contributed by atoms with Crippen LogP contribution in [0.3, 0.4) is 0 Å². The van der Waals surface area contributed by atoms with E-state index in [9.17, 15) is 12.3 Å². The molecule has 0 aromatic heterocycles. The van der Waals surface area contributed by atoms with Crippen LogP contribution in [-0.4, -0.2) is 21.5 Å². The van der Waals surface area contributed by atoms with E-state index in [-0.39, 0.29) is 20.2 Å². The molecule has 0 saturated heterocycles. The van der Waals surface area contributed by atoms with Crippen molar-refractivity contribution in [3.63, 3.8) is 0 Å². The molecule has 0 aliphatic heterocycles. The van der Waals surface area contributed by atoms with E-state index < -0.39 is 15.1 Å². The molecule has 0 spiro atoms. The zero-order chi connectivity index (χ0) is 19.5. The van der Waals surface area contributed by atoms with E-state index in [1.165, 1.54) is 0 Å². The SMILES string of the molecule is CCN(CC)c1ccc(N=Nc2c(Cl)cc(S(=O)(=O)F)c(Cl)c2Br)cc1. The van der Waals surface area contributed by atoms with Crippen molar-refractivity contribution >= 4 is 66.4 Å². The minimum atomic E-state index is -5.00. The molecule has 0 radical (unpaired) electrons. The lowest BCUT2D eigenvalue weighted by molar-refractivity contribution is 0.552. The molecule has 2 aromatic rings. The fraction of sp³-hybridized carbons (Fsp3) is 0.250. The Labute approximate surface area is 170 Å². The van der Waals surface area contributed by atoms with Gasteiger partial charge in [-0.15, -0.1) is 9.00 Å².